The molecule has 0 aromatic heterocycles. The molecule has 0 bridgehead atoms. The highest BCUT2D eigenvalue weighted by atomic mass is 79.9. The molecular weight excluding hydrogens is 507 g/mol. The van der Waals surface area contributed by atoms with Crippen molar-refractivity contribution < 1.29 is 36.3 Å². The molecule has 1 saturated heterocycles. The number of carboxylic acids is 1. The Bertz CT molecular complexity index is 870. The summed E-state index contributed by atoms with van der Waals surface area (Å²) in [4.78, 5) is 23.3. The van der Waals surface area contributed by atoms with E-state index in [0.29, 0.717) is 13.1 Å². The fourth-order valence-corrected chi connectivity index (χ4v) is 4.83. The molecule has 1 heterocycles. The van der Waals surface area contributed by atoms with Gasteiger partial charge in [0.05, 0.1) is 4.90 Å². The second-order valence-electron chi connectivity index (χ2n) is 6.98. The van der Waals surface area contributed by atoms with E-state index in [9.17, 15) is 26.4 Å². The first-order valence-electron chi connectivity index (χ1n) is 9.49. The largest absolute Gasteiger partial charge is 0.490 e. The van der Waals surface area contributed by atoms with Crippen LogP contribution in [0.2, 0.25) is 0 Å². The summed E-state index contributed by atoms with van der Waals surface area (Å²) in [5, 5.41) is 10.3. The number of aliphatic carboxylic acids is 1. The normalized spacial score (nSPS) is 17.1. The van der Waals surface area contributed by atoms with E-state index in [1.807, 2.05) is 4.90 Å². The number of carbonyl (C=O) groups is 2. The summed E-state index contributed by atoms with van der Waals surface area (Å²) in [5.41, 5.74) is 0. The van der Waals surface area contributed by atoms with Gasteiger partial charge in [0, 0.05) is 49.7 Å². The molecule has 1 saturated carbocycles. The predicted molar refractivity (Wildman–Crippen MR) is 109 cm³/mol. The number of nitrogens with one attached hydrogen (secondary N) is 1. The van der Waals surface area contributed by atoms with Gasteiger partial charge in [0.2, 0.25) is 15.9 Å². The zero-order valence-electron chi connectivity index (χ0n) is 16.4. The number of carboxylic acid groups (broad SMARTS) is 1. The number of rotatable bonds is 6. The summed E-state index contributed by atoms with van der Waals surface area (Å²) >= 11 is 3.32. The Morgan fingerprint density at radius 2 is 1.68 bits per heavy atom. The molecule has 1 aromatic rings. The van der Waals surface area contributed by atoms with Crippen molar-refractivity contribution in [2.45, 2.75) is 36.4 Å². The minimum absolute atomic E-state index is 0.0353. The summed E-state index contributed by atoms with van der Waals surface area (Å²) in [6.45, 7) is 3.25. The van der Waals surface area contributed by atoms with Crippen molar-refractivity contribution in [2.24, 2.45) is 0 Å². The van der Waals surface area contributed by atoms with Gasteiger partial charge in [-0.05, 0) is 37.1 Å². The van der Waals surface area contributed by atoms with Crippen LogP contribution < -0.4 is 5.32 Å². The van der Waals surface area contributed by atoms with Crippen molar-refractivity contribution >= 4 is 37.8 Å². The Morgan fingerprint density at radius 3 is 2.13 bits per heavy atom. The van der Waals surface area contributed by atoms with Crippen LogP contribution in [0.5, 0.6) is 0 Å². The van der Waals surface area contributed by atoms with Gasteiger partial charge in [-0.3, -0.25) is 4.79 Å². The van der Waals surface area contributed by atoms with Crippen LogP contribution in [0.15, 0.2) is 33.6 Å². The maximum absolute atomic E-state index is 12.9. The number of hydrogen-bond donors (Lipinski definition) is 2. The molecule has 1 amide bonds. The van der Waals surface area contributed by atoms with Gasteiger partial charge in [0.25, 0.3) is 0 Å². The third-order valence-corrected chi connectivity index (χ3v) is 7.13. The van der Waals surface area contributed by atoms with Gasteiger partial charge >= 0.3 is 12.1 Å². The number of nitrogens with zero attached hydrogens (tertiary/aromatic N) is 2. The van der Waals surface area contributed by atoms with Crippen molar-refractivity contribution in [1.82, 2.24) is 14.5 Å². The number of carbonyl (C=O) groups excluding carboxylic acids is 1. The van der Waals surface area contributed by atoms with E-state index < -0.39 is 22.2 Å². The van der Waals surface area contributed by atoms with Crippen molar-refractivity contribution in [3.05, 3.63) is 28.7 Å². The van der Waals surface area contributed by atoms with E-state index in [4.69, 9.17) is 9.90 Å². The summed E-state index contributed by atoms with van der Waals surface area (Å²) in [5.74, 6) is -2.72. The average Bonchev–Trinajstić information content (AvgIpc) is 3.53. The summed E-state index contributed by atoms with van der Waals surface area (Å²) in [6, 6.07) is 6.70. The molecule has 1 aliphatic heterocycles. The highest BCUT2D eigenvalue weighted by Crippen LogP contribution is 2.32. The van der Waals surface area contributed by atoms with E-state index in [-0.39, 0.29) is 29.8 Å². The monoisotopic (exact) mass is 529 g/mol. The lowest BCUT2D eigenvalue weighted by Crippen LogP contribution is -2.47. The van der Waals surface area contributed by atoms with Crippen molar-refractivity contribution in [1.29, 1.82) is 0 Å². The van der Waals surface area contributed by atoms with Crippen LogP contribution in [0, 0.1) is 0 Å². The Balaban J connectivity index is 0.000000423. The van der Waals surface area contributed by atoms with Gasteiger partial charge in [-0.25, -0.2) is 13.2 Å². The average molecular weight is 530 g/mol. The Morgan fingerprint density at radius 1 is 1.16 bits per heavy atom. The van der Waals surface area contributed by atoms with E-state index in [1.54, 1.807) is 24.3 Å². The number of piperazine rings is 1. The molecule has 2 aliphatic rings. The van der Waals surface area contributed by atoms with Gasteiger partial charge < -0.3 is 15.3 Å². The number of halogens is 4. The quantitative estimate of drug-likeness (QED) is 0.584. The lowest BCUT2D eigenvalue weighted by atomic mass is 10.3. The van der Waals surface area contributed by atoms with Gasteiger partial charge in [-0.1, -0.05) is 15.9 Å². The third-order valence-electron chi connectivity index (χ3n) is 4.63. The zero-order valence-corrected chi connectivity index (χ0v) is 18.8. The molecule has 1 aliphatic carbocycles. The lowest BCUT2D eigenvalue weighted by Gasteiger charge is -2.28. The molecule has 13 heteroatoms. The molecule has 8 nitrogen and oxygen atoms in total. The predicted octanol–water partition coefficient (Wildman–Crippen LogP) is 2.06. The SMILES string of the molecule is O=C(CCN(C1CC1)S(=O)(=O)c1ccc(Br)cc1)N1CCNCC1.O=C(O)C(F)(F)F. The van der Waals surface area contributed by atoms with Gasteiger partial charge in [-0.2, -0.15) is 17.5 Å². The molecule has 3 rings (SSSR count). The standard InChI is InChI=1S/C16H22BrN3O3S.C2HF3O2/c17-13-1-5-15(6-2-13)24(22,23)20(14-3-4-14)10-7-16(21)19-11-8-18-9-12-19;3-2(4,5)1(6)7/h1-2,5-6,14,18H,3-4,7-12H2;(H,6,7). The van der Waals surface area contributed by atoms with E-state index in [1.165, 1.54) is 4.31 Å². The zero-order chi connectivity index (χ0) is 23.2. The molecule has 0 spiro atoms. The fraction of sp³-hybridized carbons (Fsp3) is 0.556. The maximum atomic E-state index is 12.9. The molecule has 174 valence electrons. The third kappa shape index (κ3) is 7.74. The molecule has 0 atom stereocenters. The minimum Gasteiger partial charge on any atom is -0.475 e. The van der Waals surface area contributed by atoms with Crippen LogP contribution in [-0.2, 0) is 19.6 Å². The van der Waals surface area contributed by atoms with Gasteiger partial charge in [0.1, 0.15) is 0 Å². The van der Waals surface area contributed by atoms with Crippen molar-refractivity contribution in [3.8, 4) is 0 Å². The summed E-state index contributed by atoms with van der Waals surface area (Å²) < 4.78 is 59.9. The maximum Gasteiger partial charge on any atom is 0.490 e. The number of sulfonamides is 1. The van der Waals surface area contributed by atoms with Crippen molar-refractivity contribution in [2.75, 3.05) is 32.7 Å². The van der Waals surface area contributed by atoms with E-state index >= 15 is 0 Å². The molecule has 31 heavy (non-hydrogen) atoms. The minimum atomic E-state index is -5.08. The Labute approximate surface area is 186 Å². The van der Waals surface area contributed by atoms with Gasteiger partial charge in [-0.15, -0.1) is 0 Å². The van der Waals surface area contributed by atoms with Crippen LogP contribution in [-0.4, -0.2) is 79.5 Å². The number of amides is 1. The highest BCUT2D eigenvalue weighted by Gasteiger charge is 2.39. The van der Waals surface area contributed by atoms with Gasteiger partial charge in [0.15, 0.2) is 0 Å². The highest BCUT2D eigenvalue weighted by molar-refractivity contribution is 9.10. The van der Waals surface area contributed by atoms with Crippen LogP contribution in [0.25, 0.3) is 0 Å². The van der Waals surface area contributed by atoms with Crippen molar-refractivity contribution in [3.63, 3.8) is 0 Å². The molecule has 1 aromatic carbocycles. The first-order valence-corrected chi connectivity index (χ1v) is 11.7. The number of alkyl halides is 3. The van der Waals surface area contributed by atoms with Crippen LogP contribution in [0.1, 0.15) is 19.3 Å². The molecular formula is C18H23BrF3N3O5S. The number of hydrogen-bond acceptors (Lipinski definition) is 5. The Kier molecular flexibility index (Phi) is 8.86. The van der Waals surface area contributed by atoms with E-state index in [2.05, 4.69) is 21.2 Å². The number of benzene rings is 1. The topological polar surface area (TPSA) is 107 Å². The molecule has 0 unspecified atom stereocenters. The smallest absolute Gasteiger partial charge is 0.475 e. The van der Waals surface area contributed by atoms with Crippen LogP contribution in [0.4, 0.5) is 13.2 Å². The van der Waals surface area contributed by atoms with Crippen LogP contribution >= 0.6 is 15.9 Å². The Hall–Kier alpha value is -1.70. The first kappa shape index (κ1) is 25.6. The lowest BCUT2D eigenvalue weighted by molar-refractivity contribution is -0.192. The summed E-state index contributed by atoms with van der Waals surface area (Å²) in [6.07, 6.45) is -3.10. The fourth-order valence-electron chi connectivity index (χ4n) is 2.88. The van der Waals surface area contributed by atoms with E-state index in [0.717, 1.165) is 30.4 Å². The molecule has 2 fully saturated rings. The summed E-state index contributed by atoms with van der Waals surface area (Å²) in [7, 11) is -3.55. The van der Waals surface area contributed by atoms with Crippen LogP contribution in [0.3, 0.4) is 0 Å². The molecule has 0 radical (unpaired) electrons. The second-order valence-corrected chi connectivity index (χ2v) is 9.79. The first-order chi connectivity index (χ1) is 14.4. The second kappa shape index (κ2) is 10.7. The molecule has 2 N–H and O–H groups in total.